The van der Waals surface area contributed by atoms with Crippen LogP contribution >= 0.6 is 11.6 Å². The van der Waals surface area contributed by atoms with Crippen molar-refractivity contribution in [2.45, 2.75) is 19.3 Å². The molecule has 0 aromatic heterocycles. The van der Waals surface area contributed by atoms with E-state index < -0.39 is 5.97 Å². The molecule has 0 saturated carbocycles. The summed E-state index contributed by atoms with van der Waals surface area (Å²) in [4.78, 5) is 11.0. The molecule has 2 aromatic carbocycles. The quantitative estimate of drug-likeness (QED) is 0.866. The van der Waals surface area contributed by atoms with Crippen LogP contribution in [-0.4, -0.2) is 18.8 Å². The average Bonchev–Trinajstić information content (AvgIpc) is 2.60. The molecule has 5 nitrogen and oxygen atoms in total. The van der Waals surface area contributed by atoms with Crippen molar-refractivity contribution in [3.63, 3.8) is 0 Å². The molecule has 3 rings (SSSR count). The van der Waals surface area contributed by atoms with Crippen LogP contribution < -0.4 is 15.3 Å². The fourth-order valence-corrected chi connectivity index (χ4v) is 2.91. The van der Waals surface area contributed by atoms with Crippen LogP contribution in [0.2, 0.25) is 5.02 Å². The predicted molar refractivity (Wildman–Crippen MR) is 91.9 cm³/mol. The standard InChI is InChI=1S/C18H17ClN2O3/c1-24-13-6-7-14-11(9-13)3-2-4-16(14)20-21-17-10-12(18(22)23)5-8-15(17)19/h5-10,21H,2-4H2,1H3,(H,22,23)/p-1. The highest BCUT2D eigenvalue weighted by atomic mass is 35.5. The summed E-state index contributed by atoms with van der Waals surface area (Å²) in [7, 11) is 1.65. The van der Waals surface area contributed by atoms with Gasteiger partial charge in [-0.25, -0.2) is 0 Å². The van der Waals surface area contributed by atoms with Crippen molar-refractivity contribution in [3.8, 4) is 5.75 Å². The number of methoxy groups -OCH3 is 1. The van der Waals surface area contributed by atoms with Gasteiger partial charge in [0.15, 0.2) is 0 Å². The minimum absolute atomic E-state index is 0.0517. The zero-order chi connectivity index (χ0) is 17.1. The largest absolute Gasteiger partial charge is 0.545 e. The minimum Gasteiger partial charge on any atom is -0.545 e. The van der Waals surface area contributed by atoms with E-state index in [9.17, 15) is 9.90 Å². The number of anilines is 1. The van der Waals surface area contributed by atoms with Crippen LogP contribution in [0.1, 0.15) is 34.3 Å². The van der Waals surface area contributed by atoms with Gasteiger partial charge in [-0.2, -0.15) is 5.10 Å². The molecule has 1 N–H and O–H groups in total. The van der Waals surface area contributed by atoms with E-state index in [1.54, 1.807) is 7.11 Å². The van der Waals surface area contributed by atoms with E-state index in [2.05, 4.69) is 10.5 Å². The predicted octanol–water partition coefficient (Wildman–Crippen LogP) is 2.86. The second-order valence-corrected chi connectivity index (χ2v) is 5.94. The molecule has 0 aliphatic heterocycles. The van der Waals surface area contributed by atoms with Gasteiger partial charge in [0.05, 0.1) is 29.5 Å². The van der Waals surface area contributed by atoms with Gasteiger partial charge < -0.3 is 14.6 Å². The molecule has 0 amide bonds. The number of hydrogen-bond acceptors (Lipinski definition) is 5. The number of rotatable bonds is 4. The Balaban J connectivity index is 1.89. The molecule has 0 spiro atoms. The monoisotopic (exact) mass is 343 g/mol. The maximum Gasteiger partial charge on any atom is 0.119 e. The first-order valence-corrected chi connectivity index (χ1v) is 7.97. The number of ether oxygens (including phenoxy) is 1. The average molecular weight is 344 g/mol. The van der Waals surface area contributed by atoms with Gasteiger partial charge >= 0.3 is 0 Å². The van der Waals surface area contributed by atoms with Crippen molar-refractivity contribution >= 4 is 29.0 Å². The lowest BCUT2D eigenvalue weighted by Crippen LogP contribution is -2.22. The first kappa shape index (κ1) is 16.3. The number of benzene rings is 2. The van der Waals surface area contributed by atoms with E-state index in [-0.39, 0.29) is 5.56 Å². The molecule has 24 heavy (non-hydrogen) atoms. The highest BCUT2D eigenvalue weighted by Crippen LogP contribution is 2.27. The Morgan fingerprint density at radius 2 is 2.08 bits per heavy atom. The molecule has 0 heterocycles. The summed E-state index contributed by atoms with van der Waals surface area (Å²) in [6, 6.07) is 10.2. The fourth-order valence-electron chi connectivity index (χ4n) is 2.75. The topological polar surface area (TPSA) is 73.8 Å². The number of carboxylic acids is 1. The zero-order valence-corrected chi connectivity index (χ0v) is 13.9. The van der Waals surface area contributed by atoms with Gasteiger partial charge in [0.2, 0.25) is 0 Å². The van der Waals surface area contributed by atoms with Gasteiger partial charge in [0.1, 0.15) is 5.75 Å². The van der Waals surface area contributed by atoms with Crippen LogP contribution in [0.25, 0.3) is 0 Å². The second kappa shape index (κ2) is 6.93. The molecule has 0 saturated heterocycles. The Morgan fingerprint density at radius 3 is 2.83 bits per heavy atom. The van der Waals surface area contributed by atoms with Crippen molar-refractivity contribution in [1.29, 1.82) is 0 Å². The number of fused-ring (bicyclic) bond motifs is 1. The number of nitrogens with one attached hydrogen (secondary N) is 1. The van der Waals surface area contributed by atoms with Gasteiger partial charge in [-0.15, -0.1) is 0 Å². The number of nitrogens with zero attached hydrogens (tertiary/aromatic N) is 1. The third-order valence-electron chi connectivity index (χ3n) is 4.00. The molecule has 0 radical (unpaired) electrons. The maximum absolute atomic E-state index is 11.0. The Bertz CT molecular complexity index is 818. The van der Waals surface area contributed by atoms with Crippen LogP contribution in [0.5, 0.6) is 5.75 Å². The summed E-state index contributed by atoms with van der Waals surface area (Å²) < 4.78 is 5.26. The van der Waals surface area contributed by atoms with Crippen LogP contribution in [0, 0.1) is 0 Å². The SMILES string of the molecule is COc1ccc2c(c1)CCCC2=NNc1cc(C(=O)[O-])ccc1Cl. The summed E-state index contributed by atoms with van der Waals surface area (Å²) in [5.74, 6) is -0.426. The zero-order valence-electron chi connectivity index (χ0n) is 13.1. The Morgan fingerprint density at radius 1 is 1.25 bits per heavy atom. The Hall–Kier alpha value is -2.53. The Labute approximate surface area is 144 Å². The molecule has 0 unspecified atom stereocenters. The van der Waals surface area contributed by atoms with Crippen LogP contribution in [-0.2, 0) is 6.42 Å². The highest BCUT2D eigenvalue weighted by molar-refractivity contribution is 6.33. The molecule has 124 valence electrons. The van der Waals surface area contributed by atoms with Crippen molar-refractivity contribution < 1.29 is 14.6 Å². The van der Waals surface area contributed by atoms with Crippen molar-refractivity contribution in [3.05, 3.63) is 58.1 Å². The summed E-state index contributed by atoms with van der Waals surface area (Å²) in [5.41, 5.74) is 6.54. The lowest BCUT2D eigenvalue weighted by atomic mass is 9.90. The normalized spacial score (nSPS) is 15.0. The Kier molecular flexibility index (Phi) is 4.71. The maximum atomic E-state index is 11.0. The van der Waals surface area contributed by atoms with Crippen molar-refractivity contribution in [2.24, 2.45) is 5.10 Å². The van der Waals surface area contributed by atoms with E-state index in [0.717, 1.165) is 36.3 Å². The summed E-state index contributed by atoms with van der Waals surface area (Å²) in [6.45, 7) is 0. The van der Waals surface area contributed by atoms with Crippen molar-refractivity contribution in [2.75, 3.05) is 12.5 Å². The first-order chi connectivity index (χ1) is 11.6. The van der Waals surface area contributed by atoms with E-state index in [4.69, 9.17) is 16.3 Å². The molecule has 2 aromatic rings. The lowest BCUT2D eigenvalue weighted by molar-refractivity contribution is -0.255. The van der Waals surface area contributed by atoms with E-state index >= 15 is 0 Å². The number of halogens is 1. The minimum atomic E-state index is -1.25. The van der Waals surface area contributed by atoms with Gasteiger partial charge in [-0.05, 0) is 60.7 Å². The molecule has 1 aliphatic rings. The number of hydrogen-bond donors (Lipinski definition) is 1. The number of aromatic carboxylic acids is 1. The van der Waals surface area contributed by atoms with E-state index in [0.29, 0.717) is 10.7 Å². The summed E-state index contributed by atoms with van der Waals surface area (Å²) in [6.07, 6.45) is 2.81. The number of hydrazone groups is 1. The highest BCUT2D eigenvalue weighted by Gasteiger charge is 2.16. The van der Waals surface area contributed by atoms with Crippen LogP contribution in [0.15, 0.2) is 41.5 Å². The first-order valence-electron chi connectivity index (χ1n) is 7.59. The van der Waals surface area contributed by atoms with E-state index in [1.165, 1.54) is 23.8 Å². The smallest absolute Gasteiger partial charge is 0.119 e. The molecule has 0 fully saturated rings. The molecule has 1 aliphatic carbocycles. The number of carboxylic acid groups (broad SMARTS) is 1. The lowest BCUT2D eigenvalue weighted by Gasteiger charge is -2.19. The van der Waals surface area contributed by atoms with Crippen molar-refractivity contribution in [1.82, 2.24) is 0 Å². The van der Waals surface area contributed by atoms with Gasteiger partial charge in [-0.3, -0.25) is 5.43 Å². The van der Waals surface area contributed by atoms with Crippen LogP contribution in [0.4, 0.5) is 5.69 Å². The van der Waals surface area contributed by atoms with Crippen LogP contribution in [0.3, 0.4) is 0 Å². The molecular weight excluding hydrogens is 328 g/mol. The summed E-state index contributed by atoms with van der Waals surface area (Å²) in [5, 5.41) is 15.8. The third kappa shape index (κ3) is 3.36. The molecule has 0 bridgehead atoms. The van der Waals surface area contributed by atoms with E-state index in [1.807, 2.05) is 18.2 Å². The number of carbonyl (C=O) groups excluding carboxylic acids is 1. The number of aryl methyl sites for hydroxylation is 1. The summed E-state index contributed by atoms with van der Waals surface area (Å²) >= 11 is 6.10. The molecule has 0 atom stereocenters. The van der Waals surface area contributed by atoms with Gasteiger partial charge in [0, 0.05) is 5.56 Å². The third-order valence-corrected chi connectivity index (χ3v) is 4.33. The second-order valence-electron chi connectivity index (χ2n) is 5.53. The van der Waals surface area contributed by atoms with Gasteiger partial charge in [0.25, 0.3) is 0 Å². The fraction of sp³-hybridized carbons (Fsp3) is 0.222. The molecule has 6 heteroatoms. The van der Waals surface area contributed by atoms with Gasteiger partial charge in [-0.1, -0.05) is 17.7 Å². The molecular formula is C18H16ClN2O3-. The number of carbonyl (C=O) groups is 1.